The molecule has 0 atom stereocenters. The van der Waals surface area contributed by atoms with Crippen molar-refractivity contribution in [3.63, 3.8) is 0 Å². The van der Waals surface area contributed by atoms with Gasteiger partial charge in [-0.1, -0.05) is 18.2 Å². The van der Waals surface area contributed by atoms with Crippen molar-refractivity contribution in [2.24, 2.45) is 0 Å². The van der Waals surface area contributed by atoms with Gasteiger partial charge in [-0.05, 0) is 42.4 Å². The van der Waals surface area contributed by atoms with Crippen LogP contribution in [0.3, 0.4) is 0 Å². The summed E-state index contributed by atoms with van der Waals surface area (Å²) < 4.78 is 15.9. The van der Waals surface area contributed by atoms with Crippen LogP contribution >= 0.6 is 0 Å². The molecule has 0 radical (unpaired) electrons. The van der Waals surface area contributed by atoms with Gasteiger partial charge in [0.1, 0.15) is 13.2 Å². The van der Waals surface area contributed by atoms with Gasteiger partial charge < -0.3 is 14.2 Å². The van der Waals surface area contributed by atoms with E-state index < -0.39 is 0 Å². The Bertz CT molecular complexity index is 729. The van der Waals surface area contributed by atoms with E-state index in [9.17, 15) is 4.79 Å². The van der Waals surface area contributed by atoms with Crippen LogP contribution in [0.2, 0.25) is 0 Å². The number of methoxy groups -OCH3 is 1. The fourth-order valence-electron chi connectivity index (χ4n) is 2.78. The van der Waals surface area contributed by atoms with E-state index in [4.69, 9.17) is 14.2 Å². The Balaban J connectivity index is 1.65. The number of benzene rings is 2. The SMILES string of the molecule is COC(=O)c1cccc(CN(C)Cc2ccc3c(c2)OCCO3)c1. The van der Waals surface area contributed by atoms with E-state index in [0.717, 1.165) is 35.7 Å². The first-order valence-corrected chi connectivity index (χ1v) is 7.90. The Labute approximate surface area is 141 Å². The molecule has 0 unspecified atom stereocenters. The lowest BCUT2D eigenvalue weighted by atomic mass is 10.1. The molecule has 5 nitrogen and oxygen atoms in total. The number of hydrogen-bond acceptors (Lipinski definition) is 5. The van der Waals surface area contributed by atoms with Crippen molar-refractivity contribution in [2.75, 3.05) is 27.4 Å². The monoisotopic (exact) mass is 327 g/mol. The first-order valence-electron chi connectivity index (χ1n) is 7.90. The van der Waals surface area contributed by atoms with Crippen LogP contribution in [-0.2, 0) is 17.8 Å². The molecule has 1 aliphatic heterocycles. The summed E-state index contributed by atoms with van der Waals surface area (Å²) >= 11 is 0. The Morgan fingerprint density at radius 1 is 1.04 bits per heavy atom. The molecule has 0 fully saturated rings. The molecule has 2 aromatic rings. The Kier molecular flexibility index (Phi) is 5.01. The standard InChI is InChI=1S/C19H21NO4/c1-20(12-14-4-3-5-16(10-14)19(21)22-2)13-15-6-7-17-18(11-15)24-9-8-23-17/h3-7,10-11H,8-9,12-13H2,1-2H3. The predicted octanol–water partition coefficient (Wildman–Crippen LogP) is 2.88. The zero-order valence-corrected chi connectivity index (χ0v) is 14.0. The van der Waals surface area contributed by atoms with Crippen LogP contribution in [0.15, 0.2) is 42.5 Å². The van der Waals surface area contributed by atoms with E-state index in [1.165, 1.54) is 7.11 Å². The van der Waals surface area contributed by atoms with Gasteiger partial charge in [0.15, 0.2) is 11.5 Å². The molecule has 1 heterocycles. The smallest absolute Gasteiger partial charge is 0.337 e. The van der Waals surface area contributed by atoms with Crippen molar-refractivity contribution < 1.29 is 19.0 Å². The molecule has 0 bridgehead atoms. The van der Waals surface area contributed by atoms with Crippen molar-refractivity contribution >= 4 is 5.97 Å². The van der Waals surface area contributed by atoms with Gasteiger partial charge in [-0.2, -0.15) is 0 Å². The van der Waals surface area contributed by atoms with Crippen LogP contribution < -0.4 is 9.47 Å². The molecule has 24 heavy (non-hydrogen) atoms. The van der Waals surface area contributed by atoms with Gasteiger partial charge in [0.2, 0.25) is 0 Å². The lowest BCUT2D eigenvalue weighted by Gasteiger charge is -2.21. The van der Waals surface area contributed by atoms with Gasteiger partial charge in [0, 0.05) is 13.1 Å². The van der Waals surface area contributed by atoms with Crippen LogP contribution in [0.25, 0.3) is 0 Å². The minimum atomic E-state index is -0.314. The molecule has 0 saturated heterocycles. The average molecular weight is 327 g/mol. The van der Waals surface area contributed by atoms with Crippen molar-refractivity contribution in [3.8, 4) is 11.5 Å². The Morgan fingerprint density at radius 2 is 1.75 bits per heavy atom. The number of rotatable bonds is 5. The summed E-state index contributed by atoms with van der Waals surface area (Å²) in [5.41, 5.74) is 2.80. The highest BCUT2D eigenvalue weighted by atomic mass is 16.6. The van der Waals surface area contributed by atoms with Gasteiger partial charge >= 0.3 is 5.97 Å². The number of esters is 1. The first-order chi connectivity index (χ1) is 11.7. The molecule has 0 aliphatic carbocycles. The van der Waals surface area contributed by atoms with Crippen molar-refractivity contribution in [1.82, 2.24) is 4.90 Å². The molecule has 3 rings (SSSR count). The summed E-state index contributed by atoms with van der Waals surface area (Å²) in [7, 11) is 3.44. The number of ether oxygens (including phenoxy) is 3. The molecule has 0 N–H and O–H groups in total. The third kappa shape index (κ3) is 3.86. The first kappa shape index (κ1) is 16.3. The molecule has 5 heteroatoms. The topological polar surface area (TPSA) is 48.0 Å². The van der Waals surface area contributed by atoms with Gasteiger partial charge in [-0.25, -0.2) is 4.79 Å². The number of nitrogens with zero attached hydrogens (tertiary/aromatic N) is 1. The van der Waals surface area contributed by atoms with E-state index in [1.54, 1.807) is 6.07 Å². The van der Waals surface area contributed by atoms with E-state index in [1.807, 2.05) is 37.4 Å². The van der Waals surface area contributed by atoms with Crippen molar-refractivity contribution in [3.05, 3.63) is 59.2 Å². The quantitative estimate of drug-likeness (QED) is 0.790. The summed E-state index contributed by atoms with van der Waals surface area (Å²) in [4.78, 5) is 13.8. The van der Waals surface area contributed by atoms with Crippen LogP contribution in [0, 0.1) is 0 Å². The van der Waals surface area contributed by atoms with Crippen LogP contribution in [0.5, 0.6) is 11.5 Å². The maximum absolute atomic E-state index is 11.6. The minimum absolute atomic E-state index is 0.314. The molecule has 0 spiro atoms. The number of hydrogen-bond donors (Lipinski definition) is 0. The Morgan fingerprint density at radius 3 is 2.50 bits per heavy atom. The van der Waals surface area contributed by atoms with Crippen LogP contribution in [0.1, 0.15) is 21.5 Å². The zero-order valence-electron chi connectivity index (χ0n) is 14.0. The lowest BCUT2D eigenvalue weighted by molar-refractivity contribution is 0.0600. The molecule has 0 aromatic heterocycles. The van der Waals surface area contributed by atoms with Crippen molar-refractivity contribution in [1.29, 1.82) is 0 Å². The third-order valence-electron chi connectivity index (χ3n) is 3.86. The second kappa shape index (κ2) is 7.36. The molecule has 0 saturated carbocycles. The fourth-order valence-corrected chi connectivity index (χ4v) is 2.78. The normalized spacial score (nSPS) is 13.0. The Hall–Kier alpha value is -2.53. The average Bonchev–Trinajstić information content (AvgIpc) is 2.61. The van der Waals surface area contributed by atoms with Gasteiger partial charge in [0.05, 0.1) is 12.7 Å². The maximum Gasteiger partial charge on any atom is 0.337 e. The largest absolute Gasteiger partial charge is 0.486 e. The lowest BCUT2D eigenvalue weighted by Crippen LogP contribution is -2.19. The number of carbonyl (C=O) groups excluding carboxylic acids is 1. The molecule has 1 aliphatic rings. The summed E-state index contributed by atoms with van der Waals surface area (Å²) in [6.07, 6.45) is 0. The maximum atomic E-state index is 11.6. The summed E-state index contributed by atoms with van der Waals surface area (Å²) in [6.45, 7) is 2.70. The molecular weight excluding hydrogens is 306 g/mol. The van der Waals surface area contributed by atoms with E-state index in [-0.39, 0.29) is 5.97 Å². The highest BCUT2D eigenvalue weighted by Crippen LogP contribution is 2.31. The second-order valence-corrected chi connectivity index (χ2v) is 5.84. The van der Waals surface area contributed by atoms with E-state index in [0.29, 0.717) is 18.8 Å². The van der Waals surface area contributed by atoms with Gasteiger partial charge in [-0.15, -0.1) is 0 Å². The van der Waals surface area contributed by atoms with Crippen LogP contribution in [-0.4, -0.2) is 38.2 Å². The molecule has 126 valence electrons. The number of carbonyl (C=O) groups is 1. The zero-order chi connectivity index (χ0) is 16.9. The number of fused-ring (bicyclic) bond motifs is 1. The van der Waals surface area contributed by atoms with E-state index >= 15 is 0 Å². The van der Waals surface area contributed by atoms with Gasteiger partial charge in [0.25, 0.3) is 0 Å². The summed E-state index contributed by atoms with van der Waals surface area (Å²) in [5, 5.41) is 0. The van der Waals surface area contributed by atoms with Gasteiger partial charge in [-0.3, -0.25) is 4.90 Å². The summed E-state index contributed by atoms with van der Waals surface area (Å²) in [5.74, 6) is 1.30. The third-order valence-corrected chi connectivity index (χ3v) is 3.86. The highest BCUT2D eigenvalue weighted by molar-refractivity contribution is 5.89. The predicted molar refractivity (Wildman–Crippen MR) is 90.4 cm³/mol. The molecule has 2 aromatic carbocycles. The minimum Gasteiger partial charge on any atom is -0.486 e. The van der Waals surface area contributed by atoms with Crippen LogP contribution in [0.4, 0.5) is 0 Å². The summed E-state index contributed by atoms with van der Waals surface area (Å²) in [6, 6.07) is 13.5. The van der Waals surface area contributed by atoms with Crippen molar-refractivity contribution in [2.45, 2.75) is 13.1 Å². The fraction of sp³-hybridized carbons (Fsp3) is 0.316. The highest BCUT2D eigenvalue weighted by Gasteiger charge is 2.13. The second-order valence-electron chi connectivity index (χ2n) is 5.84. The molecular formula is C19H21NO4. The molecule has 0 amide bonds. The van der Waals surface area contributed by atoms with E-state index in [2.05, 4.69) is 11.0 Å².